The lowest BCUT2D eigenvalue weighted by molar-refractivity contribution is -0.125. The van der Waals surface area contributed by atoms with E-state index >= 15 is 0 Å². The van der Waals surface area contributed by atoms with Gasteiger partial charge in [0.25, 0.3) is 0 Å². The molecule has 0 saturated carbocycles. The second-order valence-corrected chi connectivity index (χ2v) is 8.54. The van der Waals surface area contributed by atoms with Crippen LogP contribution >= 0.6 is 0 Å². The average Bonchev–Trinajstić information content (AvgIpc) is 2.83. The summed E-state index contributed by atoms with van der Waals surface area (Å²) in [6.07, 6.45) is 1.88. The van der Waals surface area contributed by atoms with Crippen LogP contribution in [0.5, 0.6) is 0 Å². The molecule has 1 unspecified atom stereocenters. The molecule has 2 heterocycles. The van der Waals surface area contributed by atoms with Gasteiger partial charge < -0.3 is 10.2 Å². The highest BCUT2D eigenvalue weighted by molar-refractivity contribution is 5.79. The van der Waals surface area contributed by atoms with Crippen molar-refractivity contribution in [3.05, 3.63) is 77.9 Å². The highest BCUT2D eigenvalue weighted by atomic mass is 16.1. The number of hydrogen-bond acceptors (Lipinski definition) is 4. The smallest absolute Gasteiger partial charge is 0.225 e. The summed E-state index contributed by atoms with van der Waals surface area (Å²) in [6.45, 7) is 6.52. The molecule has 5 nitrogen and oxygen atoms in total. The van der Waals surface area contributed by atoms with Gasteiger partial charge in [0.1, 0.15) is 0 Å². The Morgan fingerprint density at radius 3 is 2.48 bits per heavy atom. The van der Waals surface area contributed by atoms with Crippen molar-refractivity contribution in [2.24, 2.45) is 5.92 Å². The van der Waals surface area contributed by atoms with Gasteiger partial charge in [0.15, 0.2) is 5.82 Å². The number of nitrogens with one attached hydrogen (secondary N) is 1. The highest BCUT2D eigenvalue weighted by Crippen LogP contribution is 2.23. The Kier molecular flexibility index (Phi) is 6.60. The Bertz CT molecular complexity index is 984. The van der Waals surface area contributed by atoms with Crippen LogP contribution in [0.15, 0.2) is 66.7 Å². The number of nitrogens with zero attached hydrogens (tertiary/aromatic N) is 3. The van der Waals surface area contributed by atoms with Crippen molar-refractivity contribution in [2.75, 3.05) is 18.0 Å². The van der Waals surface area contributed by atoms with E-state index in [1.165, 1.54) is 5.56 Å². The normalized spacial score (nSPS) is 16.4. The van der Waals surface area contributed by atoms with Gasteiger partial charge in [-0.2, -0.15) is 0 Å². The number of anilines is 1. The number of hydrogen-bond donors (Lipinski definition) is 1. The van der Waals surface area contributed by atoms with E-state index < -0.39 is 0 Å². The maximum absolute atomic E-state index is 12.8. The highest BCUT2D eigenvalue weighted by Gasteiger charge is 2.26. The number of piperidine rings is 1. The number of rotatable bonds is 6. The van der Waals surface area contributed by atoms with Gasteiger partial charge in [-0.3, -0.25) is 4.79 Å². The summed E-state index contributed by atoms with van der Waals surface area (Å²) in [6, 6.07) is 22.6. The van der Waals surface area contributed by atoms with Crippen LogP contribution < -0.4 is 10.2 Å². The second kappa shape index (κ2) is 9.73. The van der Waals surface area contributed by atoms with E-state index in [2.05, 4.69) is 58.5 Å². The minimum atomic E-state index is -0.0284. The largest absolute Gasteiger partial charge is 0.354 e. The van der Waals surface area contributed by atoms with Crippen LogP contribution in [0.4, 0.5) is 5.82 Å². The molecule has 1 aromatic heterocycles. The minimum Gasteiger partial charge on any atom is -0.354 e. The van der Waals surface area contributed by atoms with Gasteiger partial charge in [0.2, 0.25) is 5.91 Å². The summed E-state index contributed by atoms with van der Waals surface area (Å²) < 4.78 is 0. The Balaban J connectivity index is 1.34. The summed E-state index contributed by atoms with van der Waals surface area (Å²) in [5, 5.41) is 11.9. The van der Waals surface area contributed by atoms with E-state index in [1.54, 1.807) is 0 Å². The molecule has 160 valence electrons. The van der Waals surface area contributed by atoms with E-state index in [9.17, 15) is 4.79 Å². The van der Waals surface area contributed by atoms with Crippen molar-refractivity contribution in [1.29, 1.82) is 0 Å². The predicted molar refractivity (Wildman–Crippen MR) is 125 cm³/mol. The van der Waals surface area contributed by atoms with E-state index in [-0.39, 0.29) is 11.8 Å². The fourth-order valence-corrected chi connectivity index (χ4v) is 4.01. The Morgan fingerprint density at radius 2 is 1.81 bits per heavy atom. The van der Waals surface area contributed by atoms with Crippen LogP contribution in [-0.4, -0.2) is 29.2 Å². The molecule has 1 saturated heterocycles. The lowest BCUT2D eigenvalue weighted by atomic mass is 9.97. The third-order valence-corrected chi connectivity index (χ3v) is 5.95. The molecule has 1 N–H and O–H groups in total. The topological polar surface area (TPSA) is 58.1 Å². The lowest BCUT2D eigenvalue weighted by Crippen LogP contribution is -2.43. The first-order valence-electron chi connectivity index (χ1n) is 11.1. The SMILES string of the molecule is CC(C)c1ccc(CNC(=O)C2CCCN(c3ccc(-c4ccccc4)nn3)C2)cc1. The Hall–Kier alpha value is -3.21. The first kappa shape index (κ1) is 21.0. The van der Waals surface area contributed by atoms with Crippen LogP contribution in [0.3, 0.4) is 0 Å². The molecule has 0 bridgehead atoms. The third kappa shape index (κ3) is 5.29. The summed E-state index contributed by atoms with van der Waals surface area (Å²) in [7, 11) is 0. The van der Waals surface area contributed by atoms with Crippen LogP contribution in [0, 0.1) is 5.92 Å². The maximum atomic E-state index is 12.8. The molecule has 1 atom stereocenters. The molecular formula is C26H30N4O. The molecule has 0 spiro atoms. The van der Waals surface area contributed by atoms with E-state index in [0.29, 0.717) is 19.0 Å². The molecule has 1 amide bonds. The van der Waals surface area contributed by atoms with E-state index in [4.69, 9.17) is 0 Å². The fraction of sp³-hybridized carbons (Fsp3) is 0.346. The summed E-state index contributed by atoms with van der Waals surface area (Å²) in [5.74, 6) is 1.44. The van der Waals surface area contributed by atoms with Crippen LogP contribution in [0.1, 0.15) is 43.7 Å². The van der Waals surface area contributed by atoms with Crippen molar-refractivity contribution >= 4 is 11.7 Å². The van der Waals surface area contributed by atoms with Crippen LogP contribution in [0.2, 0.25) is 0 Å². The van der Waals surface area contributed by atoms with Crippen molar-refractivity contribution in [2.45, 2.75) is 39.2 Å². The van der Waals surface area contributed by atoms with Crippen molar-refractivity contribution < 1.29 is 4.79 Å². The third-order valence-electron chi connectivity index (χ3n) is 5.95. The molecule has 1 fully saturated rings. The zero-order valence-electron chi connectivity index (χ0n) is 18.3. The lowest BCUT2D eigenvalue weighted by Gasteiger charge is -2.32. The Labute approximate surface area is 184 Å². The number of amides is 1. The standard InChI is InChI=1S/C26H30N4O/c1-19(2)21-12-10-20(11-13-21)17-27-26(31)23-9-6-16-30(18-23)25-15-14-24(28-29-25)22-7-4-3-5-8-22/h3-5,7-8,10-15,19,23H,6,9,16-18H2,1-2H3,(H,27,31). The van der Waals surface area contributed by atoms with Crippen molar-refractivity contribution in [1.82, 2.24) is 15.5 Å². The monoisotopic (exact) mass is 414 g/mol. The minimum absolute atomic E-state index is 0.0284. The average molecular weight is 415 g/mol. The number of aromatic nitrogens is 2. The zero-order chi connectivity index (χ0) is 21.6. The zero-order valence-corrected chi connectivity index (χ0v) is 18.3. The van der Waals surface area contributed by atoms with Gasteiger partial charge in [-0.05, 0) is 42.0 Å². The van der Waals surface area contributed by atoms with Gasteiger partial charge >= 0.3 is 0 Å². The molecule has 1 aliphatic rings. The second-order valence-electron chi connectivity index (χ2n) is 8.54. The van der Waals surface area contributed by atoms with Gasteiger partial charge in [-0.1, -0.05) is 68.4 Å². The Morgan fingerprint density at radius 1 is 1.03 bits per heavy atom. The molecule has 31 heavy (non-hydrogen) atoms. The first-order chi connectivity index (χ1) is 15.1. The molecule has 1 aliphatic heterocycles. The fourth-order valence-electron chi connectivity index (χ4n) is 4.01. The van der Waals surface area contributed by atoms with Crippen LogP contribution in [-0.2, 0) is 11.3 Å². The molecule has 2 aromatic carbocycles. The quantitative estimate of drug-likeness (QED) is 0.629. The summed E-state index contributed by atoms with van der Waals surface area (Å²) >= 11 is 0. The molecule has 4 rings (SSSR count). The maximum Gasteiger partial charge on any atom is 0.225 e. The van der Waals surface area contributed by atoms with Gasteiger partial charge in [0.05, 0.1) is 11.6 Å². The summed E-state index contributed by atoms with van der Waals surface area (Å²) in [5.41, 5.74) is 4.36. The molecular weight excluding hydrogens is 384 g/mol. The predicted octanol–water partition coefficient (Wildman–Crippen LogP) is 4.80. The van der Waals surface area contributed by atoms with Gasteiger partial charge in [0, 0.05) is 25.2 Å². The molecule has 3 aromatic rings. The number of carbonyl (C=O) groups is 1. The molecule has 0 radical (unpaired) electrons. The van der Waals surface area contributed by atoms with Gasteiger partial charge in [-0.15, -0.1) is 10.2 Å². The number of carbonyl (C=O) groups excluding carboxylic acids is 1. The van der Waals surface area contributed by atoms with Crippen LogP contribution in [0.25, 0.3) is 11.3 Å². The number of benzene rings is 2. The molecule has 0 aliphatic carbocycles. The first-order valence-corrected chi connectivity index (χ1v) is 11.1. The van der Waals surface area contributed by atoms with E-state index in [0.717, 1.165) is 42.0 Å². The summed E-state index contributed by atoms with van der Waals surface area (Å²) in [4.78, 5) is 15.0. The molecule has 5 heteroatoms. The van der Waals surface area contributed by atoms with Gasteiger partial charge in [-0.25, -0.2) is 0 Å². The van der Waals surface area contributed by atoms with E-state index in [1.807, 2.05) is 42.5 Å². The van der Waals surface area contributed by atoms with Crippen molar-refractivity contribution in [3.63, 3.8) is 0 Å². The van der Waals surface area contributed by atoms with Crippen molar-refractivity contribution in [3.8, 4) is 11.3 Å².